The lowest BCUT2D eigenvalue weighted by atomic mass is 10.3. The molecule has 0 aromatic carbocycles. The van der Waals surface area contributed by atoms with Crippen molar-refractivity contribution < 1.29 is 14.7 Å². The molecule has 2 rings (SSSR count). The van der Waals surface area contributed by atoms with Gasteiger partial charge in [0.2, 0.25) is 0 Å². The molecule has 0 aliphatic carbocycles. The number of aromatic nitrogens is 2. The molecular weight excluding hydrogens is 236 g/mol. The van der Waals surface area contributed by atoms with Crippen molar-refractivity contribution in [3.8, 4) is 0 Å². The van der Waals surface area contributed by atoms with Crippen molar-refractivity contribution in [2.75, 3.05) is 45.7 Å². The maximum atomic E-state index is 9.13. The zero-order chi connectivity index (χ0) is 13.0. The minimum atomic E-state index is -0.208. The monoisotopic (exact) mass is 256 g/mol. The number of hydrogen-bond acceptors (Lipinski definition) is 6. The van der Waals surface area contributed by atoms with E-state index in [0.29, 0.717) is 5.82 Å². The Morgan fingerprint density at radius 3 is 2.94 bits per heavy atom. The van der Waals surface area contributed by atoms with Gasteiger partial charge in [0.1, 0.15) is 6.73 Å². The van der Waals surface area contributed by atoms with Gasteiger partial charge in [0.25, 0.3) is 0 Å². The quantitative estimate of drug-likeness (QED) is 0.555. The minimum absolute atomic E-state index is 0.208. The van der Waals surface area contributed by atoms with Gasteiger partial charge in [0.15, 0.2) is 5.82 Å². The summed E-state index contributed by atoms with van der Waals surface area (Å²) in [5, 5.41) is 14.9. The van der Waals surface area contributed by atoms with Crippen LogP contribution in [0.4, 0.5) is 5.82 Å². The molecule has 102 valence electrons. The van der Waals surface area contributed by atoms with E-state index in [4.69, 9.17) is 14.7 Å². The maximum absolute atomic E-state index is 9.13. The van der Waals surface area contributed by atoms with Crippen LogP contribution in [0.1, 0.15) is 5.69 Å². The van der Waals surface area contributed by atoms with Gasteiger partial charge in [-0.2, -0.15) is 5.10 Å². The number of rotatable bonds is 6. The van der Waals surface area contributed by atoms with Crippen molar-refractivity contribution in [2.24, 2.45) is 0 Å². The normalized spacial score (nSPS) is 15.7. The summed E-state index contributed by atoms with van der Waals surface area (Å²) in [6, 6.07) is 1.94. The second-order valence-electron chi connectivity index (χ2n) is 4.19. The minimum Gasteiger partial charge on any atom is -0.383 e. The van der Waals surface area contributed by atoms with Crippen LogP contribution >= 0.6 is 0 Å². The van der Waals surface area contributed by atoms with Crippen molar-refractivity contribution in [1.82, 2.24) is 14.7 Å². The first-order chi connectivity index (χ1) is 8.78. The third-order valence-electron chi connectivity index (χ3n) is 3.08. The molecule has 2 heterocycles. The number of hydroxylamine groups is 1. The molecular formula is C11H20N4O3. The smallest absolute Gasteiger partial charge is 0.177 e. The van der Waals surface area contributed by atoms with Gasteiger partial charge in [-0.15, -0.1) is 0 Å². The van der Waals surface area contributed by atoms with Crippen molar-refractivity contribution in [1.29, 1.82) is 0 Å². The lowest BCUT2D eigenvalue weighted by molar-refractivity contribution is 0.0988. The van der Waals surface area contributed by atoms with E-state index in [0.717, 1.165) is 38.5 Å². The molecule has 0 bridgehead atoms. The molecule has 0 atom stereocenters. The molecule has 0 saturated carbocycles. The van der Waals surface area contributed by atoms with Gasteiger partial charge in [-0.1, -0.05) is 0 Å². The maximum Gasteiger partial charge on any atom is 0.177 e. The van der Waals surface area contributed by atoms with Gasteiger partial charge in [-0.05, 0) is 0 Å². The second-order valence-corrected chi connectivity index (χ2v) is 4.19. The Labute approximate surface area is 106 Å². The van der Waals surface area contributed by atoms with Gasteiger partial charge in [-0.25, -0.2) is 5.06 Å². The fraction of sp³-hybridized carbons (Fsp3) is 0.727. The van der Waals surface area contributed by atoms with E-state index < -0.39 is 0 Å². The highest BCUT2D eigenvalue weighted by molar-refractivity contribution is 5.36. The molecule has 1 N–H and O–H groups in total. The Bertz CT molecular complexity index is 378. The van der Waals surface area contributed by atoms with Crippen molar-refractivity contribution >= 4 is 5.82 Å². The number of hydrogen-bond donors (Lipinski definition) is 1. The highest BCUT2D eigenvalue weighted by atomic mass is 16.7. The molecule has 7 heteroatoms. The standard InChI is InChI=1S/C11H20N4O3/c1-17-6-5-13-3-4-14-10(8-13)7-11(12-14)15(9-16)18-2/h7,16H,3-6,8-9H2,1-2H3. The van der Waals surface area contributed by atoms with Crippen LogP contribution in [0.2, 0.25) is 0 Å². The second kappa shape index (κ2) is 6.14. The third kappa shape index (κ3) is 2.81. The van der Waals surface area contributed by atoms with Crippen LogP contribution in [0.5, 0.6) is 0 Å². The molecule has 1 aliphatic rings. The number of fused-ring (bicyclic) bond motifs is 1. The van der Waals surface area contributed by atoms with Gasteiger partial charge in [0.05, 0.1) is 26.0 Å². The fourth-order valence-electron chi connectivity index (χ4n) is 2.06. The van der Waals surface area contributed by atoms with Gasteiger partial charge in [-0.3, -0.25) is 14.4 Å². The summed E-state index contributed by atoms with van der Waals surface area (Å²) in [4.78, 5) is 7.35. The summed E-state index contributed by atoms with van der Waals surface area (Å²) in [6.45, 7) is 4.11. The molecule has 0 unspecified atom stereocenters. The molecule has 1 aromatic rings. The number of aliphatic hydroxyl groups excluding tert-OH is 1. The molecule has 0 saturated heterocycles. The van der Waals surface area contributed by atoms with E-state index in [1.165, 1.54) is 12.2 Å². The van der Waals surface area contributed by atoms with E-state index >= 15 is 0 Å². The fourth-order valence-corrected chi connectivity index (χ4v) is 2.06. The van der Waals surface area contributed by atoms with Crippen LogP contribution < -0.4 is 5.06 Å². The molecule has 0 radical (unpaired) electrons. The highest BCUT2D eigenvalue weighted by Gasteiger charge is 2.20. The molecule has 0 fully saturated rings. The van der Waals surface area contributed by atoms with E-state index in [9.17, 15) is 0 Å². The number of anilines is 1. The average molecular weight is 256 g/mol. The summed E-state index contributed by atoms with van der Waals surface area (Å²) >= 11 is 0. The first kappa shape index (κ1) is 13.3. The number of methoxy groups -OCH3 is 1. The predicted molar refractivity (Wildman–Crippen MR) is 66.0 cm³/mol. The number of aliphatic hydroxyl groups is 1. The zero-order valence-electron chi connectivity index (χ0n) is 10.9. The largest absolute Gasteiger partial charge is 0.383 e. The average Bonchev–Trinajstić information content (AvgIpc) is 2.80. The Balaban J connectivity index is 2.04. The van der Waals surface area contributed by atoms with E-state index in [2.05, 4.69) is 10.00 Å². The van der Waals surface area contributed by atoms with Crippen molar-refractivity contribution in [3.63, 3.8) is 0 Å². The van der Waals surface area contributed by atoms with Crippen molar-refractivity contribution in [3.05, 3.63) is 11.8 Å². The Hall–Kier alpha value is -1.15. The Morgan fingerprint density at radius 2 is 2.28 bits per heavy atom. The highest BCUT2D eigenvalue weighted by Crippen LogP contribution is 2.19. The zero-order valence-corrected chi connectivity index (χ0v) is 10.9. The lowest BCUT2D eigenvalue weighted by Crippen LogP contribution is -2.35. The van der Waals surface area contributed by atoms with Crippen LogP contribution in [-0.4, -0.2) is 60.4 Å². The van der Waals surface area contributed by atoms with Crippen LogP contribution in [0.15, 0.2) is 6.07 Å². The predicted octanol–water partition coefficient (Wildman–Crippen LogP) is -0.337. The van der Waals surface area contributed by atoms with Crippen LogP contribution in [0, 0.1) is 0 Å². The Morgan fingerprint density at radius 1 is 1.44 bits per heavy atom. The summed E-state index contributed by atoms with van der Waals surface area (Å²) < 4.78 is 7.04. The Kier molecular flexibility index (Phi) is 4.54. The van der Waals surface area contributed by atoms with Crippen LogP contribution in [0.3, 0.4) is 0 Å². The summed E-state index contributed by atoms with van der Waals surface area (Å²) in [5.74, 6) is 0.642. The first-order valence-electron chi connectivity index (χ1n) is 5.99. The summed E-state index contributed by atoms with van der Waals surface area (Å²) in [7, 11) is 3.23. The molecule has 1 aromatic heterocycles. The number of nitrogens with zero attached hydrogens (tertiary/aromatic N) is 4. The van der Waals surface area contributed by atoms with Crippen molar-refractivity contribution in [2.45, 2.75) is 13.1 Å². The van der Waals surface area contributed by atoms with Gasteiger partial charge >= 0.3 is 0 Å². The van der Waals surface area contributed by atoms with E-state index in [1.807, 2.05) is 10.7 Å². The molecule has 0 amide bonds. The van der Waals surface area contributed by atoms with Crippen LogP contribution in [-0.2, 0) is 22.7 Å². The molecule has 18 heavy (non-hydrogen) atoms. The van der Waals surface area contributed by atoms with Gasteiger partial charge < -0.3 is 9.84 Å². The van der Waals surface area contributed by atoms with E-state index in [1.54, 1.807) is 7.11 Å². The molecule has 7 nitrogen and oxygen atoms in total. The lowest BCUT2D eigenvalue weighted by Gasteiger charge is -2.26. The van der Waals surface area contributed by atoms with E-state index in [-0.39, 0.29) is 6.73 Å². The summed E-state index contributed by atoms with van der Waals surface area (Å²) in [6.07, 6.45) is 0. The SMILES string of the molecule is COCCN1CCn2nc(N(CO)OC)cc2C1. The topological polar surface area (TPSA) is 63.0 Å². The third-order valence-corrected chi connectivity index (χ3v) is 3.08. The van der Waals surface area contributed by atoms with Gasteiger partial charge in [0, 0.05) is 32.8 Å². The number of ether oxygens (including phenoxy) is 1. The first-order valence-corrected chi connectivity index (χ1v) is 5.99. The van der Waals surface area contributed by atoms with Crippen LogP contribution in [0.25, 0.3) is 0 Å². The summed E-state index contributed by atoms with van der Waals surface area (Å²) in [5.41, 5.74) is 1.13. The molecule has 0 spiro atoms. The molecule has 1 aliphatic heterocycles.